The minimum atomic E-state index is -3.03. The summed E-state index contributed by atoms with van der Waals surface area (Å²) in [5.41, 5.74) is 0. The van der Waals surface area contributed by atoms with E-state index in [0.717, 1.165) is 193 Å². The first-order valence-electron chi connectivity index (χ1n) is 28.6. The SMILES string of the molecule is CCN(CC)CCC[Si](C)(OC)O[Si](C)(CCCN(CC)CC)O[Si](C)(CCCN(CC)CC)O[Si](C)(CCCN(CC)CC)O[Si](C)(CCCN(CC)CC)O[Si](C)(CCCN(CC)CC)OC. The Morgan fingerprint density at radius 2 is 0.362 bits per heavy atom. The van der Waals surface area contributed by atoms with Crippen LogP contribution < -0.4 is 0 Å². The molecule has 416 valence electrons. The van der Waals surface area contributed by atoms with Gasteiger partial charge < -0.3 is 58.8 Å². The molecule has 0 radical (unpaired) electrons. The lowest BCUT2D eigenvalue weighted by Crippen LogP contribution is -2.64. The van der Waals surface area contributed by atoms with Crippen molar-refractivity contribution in [3.05, 3.63) is 0 Å². The second-order valence-electron chi connectivity index (χ2n) is 20.5. The van der Waals surface area contributed by atoms with E-state index in [1.165, 1.54) is 0 Å². The average Bonchev–Trinajstić information content (AvgIpc) is 3.32. The molecule has 0 aromatic rings. The van der Waals surface area contributed by atoms with Crippen molar-refractivity contribution < 1.29 is 29.4 Å². The molecule has 0 amide bonds. The van der Waals surface area contributed by atoms with E-state index in [1.54, 1.807) is 0 Å². The van der Waals surface area contributed by atoms with Gasteiger partial charge in [-0.3, -0.25) is 0 Å². The van der Waals surface area contributed by atoms with Gasteiger partial charge in [0.2, 0.25) is 0 Å². The lowest BCUT2D eigenvalue weighted by atomic mass is 10.4. The Balaban J connectivity index is 7.75. The van der Waals surface area contributed by atoms with E-state index in [1.807, 2.05) is 14.2 Å². The second-order valence-corrected chi connectivity index (χ2v) is 42.0. The van der Waals surface area contributed by atoms with Crippen molar-refractivity contribution in [2.75, 3.05) is 132 Å². The van der Waals surface area contributed by atoms with E-state index in [-0.39, 0.29) is 0 Å². The molecule has 6 atom stereocenters. The standard InChI is InChI=1S/C50H120N6O7Si6/c1-21-51(22-2)39-33-45-64(15,57-13)59-66(17,47-35-41-53(25-5)26-6)61-68(19,49-37-43-55(29-9)30-10)63-69(20,50-38-44-56(31-11)32-12)62-67(18,48-36-42-54(27-7)28-8)60-65(16,58-14)46-34-40-52(23-3)24-4/h21-50H2,1-20H3. The zero-order valence-electron chi connectivity index (χ0n) is 49.8. The fraction of sp³-hybridized carbons (Fsp3) is 1.00. The molecule has 13 nitrogen and oxygen atoms in total. The molecule has 0 bridgehead atoms. The van der Waals surface area contributed by atoms with Gasteiger partial charge in [-0.25, -0.2) is 0 Å². The van der Waals surface area contributed by atoms with Crippen LogP contribution in [0.25, 0.3) is 0 Å². The predicted octanol–water partition coefficient (Wildman–Crippen LogP) is 11.2. The number of nitrogens with zero attached hydrogens (tertiary/aromatic N) is 6. The van der Waals surface area contributed by atoms with Gasteiger partial charge in [-0.15, -0.1) is 0 Å². The van der Waals surface area contributed by atoms with Gasteiger partial charge in [-0.05, 0) is 232 Å². The largest absolute Gasteiger partial charge is 0.416 e. The fourth-order valence-electron chi connectivity index (χ4n) is 10.1. The molecule has 0 rings (SSSR count). The molecule has 0 heterocycles. The first-order chi connectivity index (χ1) is 32.6. The zero-order chi connectivity index (χ0) is 52.6. The number of hydrogen-bond donors (Lipinski definition) is 0. The number of rotatable bonds is 48. The molecule has 0 aliphatic carbocycles. The lowest BCUT2D eigenvalue weighted by molar-refractivity contribution is 0.221. The molecule has 6 unspecified atom stereocenters. The number of hydrogen-bond acceptors (Lipinski definition) is 13. The van der Waals surface area contributed by atoms with E-state index in [0.29, 0.717) is 0 Å². The Hall–Kier alpha value is 0.781. The Labute approximate surface area is 437 Å². The van der Waals surface area contributed by atoms with Gasteiger partial charge >= 0.3 is 51.4 Å². The van der Waals surface area contributed by atoms with Crippen molar-refractivity contribution in [1.29, 1.82) is 0 Å². The van der Waals surface area contributed by atoms with Gasteiger partial charge in [0.25, 0.3) is 0 Å². The van der Waals surface area contributed by atoms with Gasteiger partial charge in [0.15, 0.2) is 0 Å². The highest BCUT2D eigenvalue weighted by Gasteiger charge is 2.54. The van der Waals surface area contributed by atoms with Crippen molar-refractivity contribution in [1.82, 2.24) is 29.4 Å². The molecular formula is C50H120N6O7Si6. The molecule has 0 N–H and O–H groups in total. The normalized spacial score (nSPS) is 18.0. The third-order valence-electron chi connectivity index (χ3n) is 15.0. The first-order valence-corrected chi connectivity index (χ1v) is 43.7. The maximum Gasteiger partial charge on any atom is 0.325 e. The van der Waals surface area contributed by atoms with Crippen LogP contribution >= 0.6 is 0 Å². The molecule has 0 saturated heterocycles. The average molecular weight is 1090 g/mol. The van der Waals surface area contributed by atoms with Crippen molar-refractivity contribution in [3.63, 3.8) is 0 Å². The van der Waals surface area contributed by atoms with E-state index in [4.69, 9.17) is 29.4 Å². The van der Waals surface area contributed by atoms with Crippen LogP contribution in [-0.2, 0) is 29.4 Å². The summed E-state index contributed by atoms with van der Waals surface area (Å²) in [5, 5.41) is 0. The van der Waals surface area contributed by atoms with Crippen LogP contribution in [0.15, 0.2) is 0 Å². The van der Waals surface area contributed by atoms with Gasteiger partial charge in [0, 0.05) is 14.2 Å². The molecule has 0 saturated carbocycles. The topological polar surface area (TPSA) is 84.0 Å². The van der Waals surface area contributed by atoms with Gasteiger partial charge in [0.1, 0.15) is 0 Å². The van der Waals surface area contributed by atoms with Crippen LogP contribution in [0.3, 0.4) is 0 Å². The van der Waals surface area contributed by atoms with E-state index >= 15 is 0 Å². The highest BCUT2D eigenvalue weighted by atomic mass is 28.5. The Kier molecular flexibility index (Phi) is 37.9. The molecule has 0 spiro atoms. The van der Waals surface area contributed by atoms with Crippen molar-refractivity contribution in [3.8, 4) is 0 Å². The maximum atomic E-state index is 8.06. The van der Waals surface area contributed by atoms with Crippen LogP contribution in [-0.4, -0.2) is 213 Å². The summed E-state index contributed by atoms with van der Waals surface area (Å²) >= 11 is 0. The summed E-state index contributed by atoms with van der Waals surface area (Å²) in [6.45, 7) is 60.0. The van der Waals surface area contributed by atoms with Crippen molar-refractivity contribution in [2.24, 2.45) is 0 Å². The van der Waals surface area contributed by atoms with E-state index in [9.17, 15) is 0 Å². The van der Waals surface area contributed by atoms with Crippen LogP contribution in [0.1, 0.15) is 122 Å². The Morgan fingerprint density at radius 1 is 0.232 bits per heavy atom. The van der Waals surface area contributed by atoms with Crippen molar-refractivity contribution >= 4 is 51.4 Å². The van der Waals surface area contributed by atoms with Gasteiger partial charge in [-0.2, -0.15) is 0 Å². The molecular weight excluding hydrogens is 965 g/mol. The molecule has 19 heteroatoms. The summed E-state index contributed by atoms with van der Waals surface area (Å²) in [6, 6.07) is 5.46. The van der Waals surface area contributed by atoms with E-state index in [2.05, 4.69) is 152 Å². The Morgan fingerprint density at radius 3 is 0.493 bits per heavy atom. The van der Waals surface area contributed by atoms with Gasteiger partial charge in [-0.1, -0.05) is 83.1 Å². The molecule has 0 aliphatic heterocycles. The summed E-state index contributed by atoms with van der Waals surface area (Å²) in [5.74, 6) is 0. The summed E-state index contributed by atoms with van der Waals surface area (Å²) in [7, 11) is -13.4. The van der Waals surface area contributed by atoms with Crippen LogP contribution in [0.4, 0.5) is 0 Å². The molecule has 0 aliphatic rings. The van der Waals surface area contributed by atoms with Crippen LogP contribution in [0.2, 0.25) is 75.5 Å². The molecule has 0 aromatic carbocycles. The first kappa shape index (κ1) is 69.8. The third kappa shape index (κ3) is 29.0. The molecule has 69 heavy (non-hydrogen) atoms. The van der Waals surface area contributed by atoms with E-state index < -0.39 is 51.4 Å². The highest BCUT2D eigenvalue weighted by molar-refractivity contribution is 6.91. The highest BCUT2D eigenvalue weighted by Crippen LogP contribution is 2.37. The quantitative estimate of drug-likeness (QED) is 0.0543. The minimum absolute atomic E-state index is 0.887. The minimum Gasteiger partial charge on any atom is -0.416 e. The van der Waals surface area contributed by atoms with Crippen LogP contribution in [0.5, 0.6) is 0 Å². The second kappa shape index (κ2) is 37.5. The summed E-state index contributed by atoms with van der Waals surface area (Å²) in [6.07, 6.45) is 6.18. The smallest absolute Gasteiger partial charge is 0.325 e. The monoisotopic (exact) mass is 1080 g/mol. The summed E-state index contributed by atoms with van der Waals surface area (Å²) < 4.78 is 52.3. The molecule has 0 aromatic heterocycles. The maximum absolute atomic E-state index is 8.06. The van der Waals surface area contributed by atoms with Crippen LogP contribution in [0, 0.1) is 0 Å². The lowest BCUT2D eigenvalue weighted by Gasteiger charge is -2.47. The Bertz CT molecular complexity index is 1160. The third-order valence-corrected chi connectivity index (χ3v) is 41.6. The van der Waals surface area contributed by atoms with Gasteiger partial charge in [0.05, 0.1) is 0 Å². The fourth-order valence-corrected chi connectivity index (χ4v) is 40.5. The summed E-state index contributed by atoms with van der Waals surface area (Å²) in [4.78, 5) is 15.2. The zero-order valence-corrected chi connectivity index (χ0v) is 55.8. The predicted molar refractivity (Wildman–Crippen MR) is 312 cm³/mol. The molecule has 0 fully saturated rings. The van der Waals surface area contributed by atoms with Crippen molar-refractivity contribution in [2.45, 2.75) is 197 Å².